The van der Waals surface area contributed by atoms with E-state index in [-0.39, 0.29) is 16.8 Å². The number of nitrogens with one attached hydrogen (secondary N) is 1. The highest BCUT2D eigenvalue weighted by Crippen LogP contribution is 2.27. The van der Waals surface area contributed by atoms with E-state index in [4.69, 9.17) is 0 Å². The van der Waals surface area contributed by atoms with Gasteiger partial charge in [0.2, 0.25) is 15.9 Å². The zero-order valence-electron chi connectivity index (χ0n) is 13.6. The molecular formula is C17H23BrN2O3S. The zero-order valence-corrected chi connectivity index (χ0v) is 16.0. The number of carbonyl (C=O) groups excluding carboxylic acids is 1. The molecule has 1 amide bonds. The molecule has 2 fully saturated rings. The van der Waals surface area contributed by atoms with Crippen molar-refractivity contribution in [3.8, 4) is 0 Å². The van der Waals surface area contributed by atoms with Crippen molar-refractivity contribution in [2.24, 2.45) is 0 Å². The van der Waals surface area contributed by atoms with Crippen LogP contribution in [0.3, 0.4) is 0 Å². The summed E-state index contributed by atoms with van der Waals surface area (Å²) in [5.74, 6) is -0.137. The SMILES string of the molecule is O=C(NC1CCCC1)[C@@H]1CCCCN1S(=O)(=O)c1ccc(Br)cc1. The van der Waals surface area contributed by atoms with Gasteiger partial charge in [0.25, 0.3) is 0 Å². The Balaban J connectivity index is 1.80. The third-order valence-electron chi connectivity index (χ3n) is 4.88. The number of rotatable bonds is 4. The van der Waals surface area contributed by atoms with Gasteiger partial charge in [0, 0.05) is 17.1 Å². The van der Waals surface area contributed by atoms with E-state index in [1.165, 1.54) is 4.31 Å². The second-order valence-corrected chi connectivity index (χ2v) is 9.38. The average molecular weight is 415 g/mol. The van der Waals surface area contributed by atoms with E-state index in [0.29, 0.717) is 13.0 Å². The molecule has 0 unspecified atom stereocenters. The maximum Gasteiger partial charge on any atom is 0.243 e. The molecule has 1 saturated carbocycles. The fourth-order valence-electron chi connectivity index (χ4n) is 3.56. The molecule has 1 N–H and O–H groups in total. The van der Waals surface area contributed by atoms with Crippen LogP contribution in [0, 0.1) is 0 Å². The van der Waals surface area contributed by atoms with Crippen molar-refractivity contribution in [3.63, 3.8) is 0 Å². The zero-order chi connectivity index (χ0) is 17.2. The molecule has 1 atom stereocenters. The summed E-state index contributed by atoms with van der Waals surface area (Å²) in [6, 6.07) is 6.21. The van der Waals surface area contributed by atoms with E-state index < -0.39 is 16.1 Å². The molecule has 5 nitrogen and oxygen atoms in total. The van der Waals surface area contributed by atoms with Crippen LogP contribution in [0.4, 0.5) is 0 Å². The van der Waals surface area contributed by atoms with Gasteiger partial charge in [-0.1, -0.05) is 35.2 Å². The Morgan fingerprint density at radius 2 is 1.67 bits per heavy atom. The predicted molar refractivity (Wildman–Crippen MR) is 96.1 cm³/mol. The first-order valence-corrected chi connectivity index (χ1v) is 10.8. The van der Waals surface area contributed by atoms with Crippen LogP contribution in [0.25, 0.3) is 0 Å². The lowest BCUT2D eigenvalue weighted by Gasteiger charge is -2.34. The summed E-state index contributed by atoms with van der Waals surface area (Å²) in [5, 5.41) is 3.06. The van der Waals surface area contributed by atoms with Crippen molar-refractivity contribution in [3.05, 3.63) is 28.7 Å². The van der Waals surface area contributed by atoms with E-state index in [1.807, 2.05) is 0 Å². The minimum Gasteiger partial charge on any atom is -0.352 e. The van der Waals surface area contributed by atoms with Crippen molar-refractivity contribution >= 4 is 31.9 Å². The molecule has 1 aliphatic heterocycles. The fourth-order valence-corrected chi connectivity index (χ4v) is 5.48. The third kappa shape index (κ3) is 3.83. The maximum atomic E-state index is 13.0. The van der Waals surface area contributed by atoms with Crippen LogP contribution in [-0.4, -0.2) is 37.3 Å². The highest BCUT2D eigenvalue weighted by atomic mass is 79.9. The first kappa shape index (κ1) is 17.9. The van der Waals surface area contributed by atoms with Gasteiger partial charge in [-0.2, -0.15) is 4.31 Å². The first-order chi connectivity index (χ1) is 11.5. The Labute approximate surface area is 152 Å². The quantitative estimate of drug-likeness (QED) is 0.822. The van der Waals surface area contributed by atoms with Gasteiger partial charge in [-0.25, -0.2) is 8.42 Å². The number of amides is 1. The molecule has 0 bridgehead atoms. The summed E-state index contributed by atoms with van der Waals surface area (Å²) >= 11 is 3.32. The largest absolute Gasteiger partial charge is 0.352 e. The number of hydrogen-bond acceptors (Lipinski definition) is 3. The Kier molecular flexibility index (Phi) is 5.62. The van der Waals surface area contributed by atoms with Crippen LogP contribution in [0.5, 0.6) is 0 Å². The lowest BCUT2D eigenvalue weighted by atomic mass is 10.0. The van der Waals surface area contributed by atoms with Crippen LogP contribution < -0.4 is 5.32 Å². The summed E-state index contributed by atoms with van der Waals surface area (Å²) in [7, 11) is -3.65. The Bertz CT molecular complexity index is 684. The second-order valence-electron chi connectivity index (χ2n) is 6.57. The number of piperidine rings is 1. The monoisotopic (exact) mass is 414 g/mol. The number of carbonyl (C=O) groups is 1. The van der Waals surface area contributed by atoms with Crippen LogP contribution >= 0.6 is 15.9 Å². The van der Waals surface area contributed by atoms with E-state index in [1.54, 1.807) is 24.3 Å². The Morgan fingerprint density at radius 3 is 2.33 bits per heavy atom. The summed E-state index contributed by atoms with van der Waals surface area (Å²) in [5.41, 5.74) is 0. The van der Waals surface area contributed by atoms with Gasteiger partial charge in [-0.05, 0) is 49.9 Å². The summed E-state index contributed by atoms with van der Waals surface area (Å²) < 4.78 is 28.2. The van der Waals surface area contributed by atoms with Crippen LogP contribution in [0.15, 0.2) is 33.6 Å². The molecular weight excluding hydrogens is 392 g/mol. The van der Waals surface area contributed by atoms with Gasteiger partial charge in [-0.15, -0.1) is 0 Å². The molecule has 1 heterocycles. The van der Waals surface area contributed by atoms with Gasteiger partial charge in [0.1, 0.15) is 6.04 Å². The number of hydrogen-bond donors (Lipinski definition) is 1. The molecule has 7 heteroatoms. The van der Waals surface area contributed by atoms with Gasteiger partial charge in [-0.3, -0.25) is 4.79 Å². The molecule has 24 heavy (non-hydrogen) atoms. The van der Waals surface area contributed by atoms with Crippen molar-refractivity contribution in [2.75, 3.05) is 6.54 Å². The van der Waals surface area contributed by atoms with Crippen LogP contribution in [-0.2, 0) is 14.8 Å². The van der Waals surface area contributed by atoms with Crippen LogP contribution in [0.1, 0.15) is 44.9 Å². The Hall–Kier alpha value is -0.920. The highest BCUT2D eigenvalue weighted by Gasteiger charge is 2.38. The molecule has 1 aromatic carbocycles. The van der Waals surface area contributed by atoms with Crippen molar-refractivity contribution < 1.29 is 13.2 Å². The summed E-state index contributed by atoms with van der Waals surface area (Å²) in [6.45, 7) is 0.404. The molecule has 3 rings (SSSR count). The average Bonchev–Trinajstić information content (AvgIpc) is 3.08. The molecule has 1 aliphatic carbocycles. The highest BCUT2D eigenvalue weighted by molar-refractivity contribution is 9.10. The number of benzene rings is 1. The number of halogens is 1. The normalized spacial score (nSPS) is 23.3. The number of sulfonamides is 1. The second kappa shape index (κ2) is 7.54. The minimum atomic E-state index is -3.65. The van der Waals surface area contributed by atoms with Gasteiger partial charge in [0.05, 0.1) is 4.90 Å². The van der Waals surface area contributed by atoms with E-state index >= 15 is 0 Å². The van der Waals surface area contributed by atoms with Crippen molar-refractivity contribution in [1.29, 1.82) is 0 Å². The molecule has 0 radical (unpaired) electrons. The topological polar surface area (TPSA) is 66.5 Å². The maximum absolute atomic E-state index is 13.0. The molecule has 0 spiro atoms. The van der Waals surface area contributed by atoms with Crippen LogP contribution in [0.2, 0.25) is 0 Å². The summed E-state index contributed by atoms with van der Waals surface area (Å²) in [6.07, 6.45) is 6.54. The van der Waals surface area contributed by atoms with E-state index in [9.17, 15) is 13.2 Å². The lowest BCUT2D eigenvalue weighted by molar-refractivity contribution is -0.126. The van der Waals surface area contributed by atoms with Crippen molar-refractivity contribution in [1.82, 2.24) is 9.62 Å². The van der Waals surface area contributed by atoms with E-state index in [0.717, 1.165) is 43.0 Å². The predicted octanol–water partition coefficient (Wildman–Crippen LogP) is 3.05. The molecule has 0 aromatic heterocycles. The lowest BCUT2D eigenvalue weighted by Crippen LogP contribution is -2.53. The standard InChI is InChI=1S/C17H23BrN2O3S/c18-13-8-10-15(11-9-13)24(22,23)20-12-4-3-7-16(20)17(21)19-14-5-1-2-6-14/h8-11,14,16H,1-7,12H2,(H,19,21)/t16-/m0/s1. The number of nitrogens with zero attached hydrogens (tertiary/aromatic N) is 1. The van der Waals surface area contributed by atoms with Gasteiger partial charge in [0.15, 0.2) is 0 Å². The van der Waals surface area contributed by atoms with E-state index in [2.05, 4.69) is 21.2 Å². The Morgan fingerprint density at radius 1 is 1.04 bits per heavy atom. The molecule has 2 aliphatic rings. The summed E-state index contributed by atoms with van der Waals surface area (Å²) in [4.78, 5) is 12.9. The molecule has 1 saturated heterocycles. The molecule has 132 valence electrons. The van der Waals surface area contributed by atoms with Crippen molar-refractivity contribution in [2.45, 2.75) is 61.9 Å². The first-order valence-electron chi connectivity index (χ1n) is 8.56. The fraction of sp³-hybridized carbons (Fsp3) is 0.588. The third-order valence-corrected chi connectivity index (χ3v) is 7.33. The molecule has 1 aromatic rings. The van der Waals surface area contributed by atoms with Gasteiger partial charge >= 0.3 is 0 Å². The minimum absolute atomic E-state index is 0.137. The smallest absolute Gasteiger partial charge is 0.243 e. The van der Waals surface area contributed by atoms with Gasteiger partial charge < -0.3 is 5.32 Å².